The molecule has 0 unspecified atom stereocenters. The summed E-state index contributed by atoms with van der Waals surface area (Å²) in [6.07, 6.45) is 1.66. The van der Waals surface area contributed by atoms with Crippen LogP contribution in [0.15, 0.2) is 71.8 Å². The molecular weight excluding hydrogens is 260 g/mol. The van der Waals surface area contributed by atoms with Gasteiger partial charge < -0.3 is 10.6 Å². The molecule has 3 aromatic rings. The van der Waals surface area contributed by atoms with Crippen LogP contribution < -0.4 is 10.6 Å². The van der Waals surface area contributed by atoms with Crippen molar-refractivity contribution in [2.75, 3.05) is 0 Å². The van der Waals surface area contributed by atoms with Gasteiger partial charge in [0, 0.05) is 10.9 Å². The SMILES string of the molecule is NN=Cc1ccc(OCc2ccccc2)c2ccccc12. The maximum absolute atomic E-state index is 5.96. The Bertz CT molecular complexity index is 767. The lowest BCUT2D eigenvalue weighted by atomic mass is 10.0. The van der Waals surface area contributed by atoms with Gasteiger partial charge in [0.2, 0.25) is 0 Å². The molecule has 0 atom stereocenters. The van der Waals surface area contributed by atoms with Crippen LogP contribution in [0.2, 0.25) is 0 Å². The number of fused-ring (bicyclic) bond motifs is 1. The van der Waals surface area contributed by atoms with Crippen molar-refractivity contribution in [3.05, 3.63) is 77.9 Å². The Morgan fingerprint density at radius 1 is 0.857 bits per heavy atom. The van der Waals surface area contributed by atoms with Gasteiger partial charge in [0.1, 0.15) is 12.4 Å². The summed E-state index contributed by atoms with van der Waals surface area (Å²) in [5.41, 5.74) is 2.13. The Morgan fingerprint density at radius 2 is 1.57 bits per heavy atom. The van der Waals surface area contributed by atoms with Gasteiger partial charge in [-0.1, -0.05) is 54.6 Å². The number of hydrazone groups is 1. The second kappa shape index (κ2) is 6.09. The molecule has 0 saturated heterocycles. The summed E-state index contributed by atoms with van der Waals surface area (Å²) in [6.45, 7) is 0.551. The fourth-order valence-electron chi connectivity index (χ4n) is 2.35. The fraction of sp³-hybridized carbons (Fsp3) is 0.0556. The van der Waals surface area contributed by atoms with Crippen molar-refractivity contribution >= 4 is 17.0 Å². The highest BCUT2D eigenvalue weighted by Gasteiger charge is 2.05. The lowest BCUT2D eigenvalue weighted by Gasteiger charge is -2.11. The van der Waals surface area contributed by atoms with Crippen molar-refractivity contribution in [3.63, 3.8) is 0 Å². The van der Waals surface area contributed by atoms with Gasteiger partial charge in [0.05, 0.1) is 6.21 Å². The largest absolute Gasteiger partial charge is 0.488 e. The molecule has 0 aliphatic heterocycles. The van der Waals surface area contributed by atoms with E-state index in [1.165, 1.54) is 0 Å². The van der Waals surface area contributed by atoms with Crippen molar-refractivity contribution in [1.29, 1.82) is 0 Å². The zero-order chi connectivity index (χ0) is 14.5. The molecule has 3 rings (SSSR count). The quantitative estimate of drug-likeness (QED) is 0.448. The normalized spacial score (nSPS) is 11.0. The van der Waals surface area contributed by atoms with Gasteiger partial charge in [-0.25, -0.2) is 0 Å². The molecule has 0 spiro atoms. The highest BCUT2D eigenvalue weighted by molar-refractivity contribution is 6.02. The predicted octanol–water partition coefficient (Wildman–Crippen LogP) is 3.71. The summed E-state index contributed by atoms with van der Waals surface area (Å²) in [4.78, 5) is 0. The number of rotatable bonds is 4. The first-order chi connectivity index (χ1) is 10.4. The molecule has 0 bridgehead atoms. The van der Waals surface area contributed by atoms with Crippen LogP contribution >= 0.6 is 0 Å². The van der Waals surface area contributed by atoms with Crippen molar-refractivity contribution in [2.24, 2.45) is 10.9 Å². The Balaban J connectivity index is 1.94. The van der Waals surface area contributed by atoms with E-state index in [2.05, 4.69) is 17.2 Å². The molecule has 3 heteroatoms. The van der Waals surface area contributed by atoms with Crippen molar-refractivity contribution in [2.45, 2.75) is 6.61 Å². The predicted molar refractivity (Wildman–Crippen MR) is 86.5 cm³/mol. The average molecular weight is 276 g/mol. The molecule has 0 fully saturated rings. The second-order valence-corrected chi connectivity index (χ2v) is 4.75. The summed E-state index contributed by atoms with van der Waals surface area (Å²) in [6, 6.07) is 22.1. The van der Waals surface area contributed by atoms with Gasteiger partial charge in [0.15, 0.2) is 0 Å². The summed E-state index contributed by atoms with van der Waals surface area (Å²) in [5.74, 6) is 6.13. The smallest absolute Gasteiger partial charge is 0.127 e. The van der Waals surface area contributed by atoms with Crippen LogP contribution in [-0.4, -0.2) is 6.21 Å². The molecule has 3 aromatic carbocycles. The van der Waals surface area contributed by atoms with Gasteiger partial charge in [-0.15, -0.1) is 0 Å². The van der Waals surface area contributed by atoms with Crippen LogP contribution in [0.25, 0.3) is 10.8 Å². The number of benzene rings is 3. The van der Waals surface area contributed by atoms with E-state index >= 15 is 0 Å². The third kappa shape index (κ3) is 2.87. The van der Waals surface area contributed by atoms with E-state index < -0.39 is 0 Å². The van der Waals surface area contributed by atoms with E-state index in [0.29, 0.717) is 6.61 Å². The number of nitrogens with zero attached hydrogens (tertiary/aromatic N) is 1. The number of nitrogens with two attached hydrogens (primary N) is 1. The molecule has 0 radical (unpaired) electrons. The Morgan fingerprint density at radius 3 is 2.33 bits per heavy atom. The first kappa shape index (κ1) is 13.2. The van der Waals surface area contributed by atoms with Crippen LogP contribution in [0.5, 0.6) is 5.75 Å². The third-order valence-electron chi connectivity index (χ3n) is 3.37. The van der Waals surface area contributed by atoms with E-state index in [4.69, 9.17) is 10.6 Å². The van der Waals surface area contributed by atoms with Gasteiger partial charge in [-0.05, 0) is 23.1 Å². The number of hydrogen-bond acceptors (Lipinski definition) is 3. The van der Waals surface area contributed by atoms with Gasteiger partial charge >= 0.3 is 0 Å². The highest BCUT2D eigenvalue weighted by atomic mass is 16.5. The van der Waals surface area contributed by atoms with Crippen molar-refractivity contribution in [3.8, 4) is 5.75 Å². The first-order valence-electron chi connectivity index (χ1n) is 6.80. The Kier molecular flexibility index (Phi) is 3.83. The minimum Gasteiger partial charge on any atom is -0.488 e. The zero-order valence-electron chi connectivity index (χ0n) is 11.6. The fourth-order valence-corrected chi connectivity index (χ4v) is 2.35. The van der Waals surface area contributed by atoms with Crippen molar-refractivity contribution in [1.82, 2.24) is 0 Å². The molecule has 2 N–H and O–H groups in total. The molecular formula is C18H16N2O. The number of ether oxygens (including phenoxy) is 1. The maximum atomic E-state index is 5.96. The summed E-state index contributed by atoms with van der Waals surface area (Å²) >= 11 is 0. The molecule has 0 aliphatic rings. The third-order valence-corrected chi connectivity index (χ3v) is 3.37. The molecule has 104 valence electrons. The molecule has 0 saturated carbocycles. The Hall–Kier alpha value is -2.81. The molecule has 0 aromatic heterocycles. The second-order valence-electron chi connectivity index (χ2n) is 4.75. The summed E-state index contributed by atoms with van der Waals surface area (Å²) in [7, 11) is 0. The van der Waals surface area contributed by atoms with Gasteiger partial charge in [0.25, 0.3) is 0 Å². The molecule has 0 amide bonds. The van der Waals surface area contributed by atoms with Gasteiger partial charge in [-0.2, -0.15) is 5.10 Å². The molecule has 21 heavy (non-hydrogen) atoms. The number of hydrogen-bond donors (Lipinski definition) is 1. The van der Waals surface area contributed by atoms with Crippen LogP contribution in [0.1, 0.15) is 11.1 Å². The minimum atomic E-state index is 0.551. The first-order valence-corrected chi connectivity index (χ1v) is 6.80. The van der Waals surface area contributed by atoms with Crippen molar-refractivity contribution < 1.29 is 4.74 Å². The standard InChI is InChI=1S/C18H16N2O/c19-20-12-15-10-11-18(17-9-5-4-8-16(15)17)21-13-14-6-2-1-3-7-14/h1-12H,13,19H2. The minimum absolute atomic E-state index is 0.551. The maximum Gasteiger partial charge on any atom is 0.127 e. The lowest BCUT2D eigenvalue weighted by molar-refractivity contribution is 0.310. The van der Waals surface area contributed by atoms with Crippen LogP contribution in [0.3, 0.4) is 0 Å². The van der Waals surface area contributed by atoms with E-state index in [1.807, 2.05) is 54.6 Å². The lowest BCUT2D eigenvalue weighted by Crippen LogP contribution is -1.97. The van der Waals surface area contributed by atoms with E-state index in [1.54, 1.807) is 6.21 Å². The monoisotopic (exact) mass is 276 g/mol. The summed E-state index contributed by atoms with van der Waals surface area (Å²) < 4.78 is 5.96. The van der Waals surface area contributed by atoms with E-state index in [9.17, 15) is 0 Å². The van der Waals surface area contributed by atoms with E-state index in [0.717, 1.165) is 27.6 Å². The highest BCUT2D eigenvalue weighted by Crippen LogP contribution is 2.28. The van der Waals surface area contributed by atoms with Crippen LogP contribution in [-0.2, 0) is 6.61 Å². The molecule has 3 nitrogen and oxygen atoms in total. The topological polar surface area (TPSA) is 47.6 Å². The Labute approximate surface area is 123 Å². The summed E-state index contributed by atoms with van der Waals surface area (Å²) in [5, 5.41) is 5.76. The van der Waals surface area contributed by atoms with E-state index in [-0.39, 0.29) is 0 Å². The average Bonchev–Trinajstić information content (AvgIpc) is 2.55. The molecule has 0 aliphatic carbocycles. The zero-order valence-corrected chi connectivity index (χ0v) is 11.6. The van der Waals surface area contributed by atoms with Gasteiger partial charge in [-0.3, -0.25) is 0 Å². The van der Waals surface area contributed by atoms with Crippen LogP contribution in [0.4, 0.5) is 0 Å². The van der Waals surface area contributed by atoms with Crippen LogP contribution in [0, 0.1) is 0 Å². The molecule has 0 heterocycles.